The highest BCUT2D eigenvalue weighted by molar-refractivity contribution is 5.87. The molecule has 0 spiro atoms. The van der Waals surface area contributed by atoms with Gasteiger partial charge in [-0.15, -0.1) is 0 Å². The van der Waals surface area contributed by atoms with Crippen LogP contribution in [0, 0.1) is 0 Å². The zero-order valence-electron chi connectivity index (χ0n) is 12.5. The fraction of sp³-hybridized carbons (Fsp3) is 0.150. The Kier molecular flexibility index (Phi) is 4.02. The maximum absolute atomic E-state index is 4.88. The van der Waals surface area contributed by atoms with E-state index in [0.29, 0.717) is 0 Å². The van der Waals surface area contributed by atoms with Crippen molar-refractivity contribution in [3.63, 3.8) is 0 Å². The normalized spacial score (nSPS) is 10.7. The Labute approximate surface area is 136 Å². The number of hydrogen-bond donors (Lipinski definition) is 1. The van der Waals surface area contributed by atoms with E-state index in [4.69, 9.17) is 4.98 Å². The monoisotopic (exact) mass is 303 g/mol. The summed E-state index contributed by atoms with van der Waals surface area (Å²) in [7, 11) is 0. The van der Waals surface area contributed by atoms with Gasteiger partial charge in [-0.1, -0.05) is 31.7 Å². The Morgan fingerprint density at radius 2 is 1.65 bits per heavy atom. The van der Waals surface area contributed by atoms with Crippen LogP contribution in [0.3, 0.4) is 0 Å². The van der Waals surface area contributed by atoms with Gasteiger partial charge in [0.05, 0.1) is 22.2 Å². The first kappa shape index (κ1) is 15.1. The molecule has 0 unspecified atom stereocenters. The predicted molar refractivity (Wildman–Crippen MR) is 99.0 cm³/mol. The van der Waals surface area contributed by atoms with E-state index in [9.17, 15) is 0 Å². The molecule has 0 aliphatic heterocycles. The van der Waals surface area contributed by atoms with E-state index in [1.165, 1.54) is 0 Å². The Morgan fingerprint density at radius 3 is 2.43 bits per heavy atom. The van der Waals surface area contributed by atoms with Gasteiger partial charge in [0.15, 0.2) is 0 Å². The van der Waals surface area contributed by atoms with Gasteiger partial charge < -0.3 is 9.72 Å². The van der Waals surface area contributed by atoms with Crippen LogP contribution in [0.15, 0.2) is 66.9 Å². The van der Waals surface area contributed by atoms with Crippen LogP contribution in [0.2, 0.25) is 0 Å². The summed E-state index contributed by atoms with van der Waals surface area (Å²) in [5.74, 6) is 0. The molecule has 3 heteroatoms. The van der Waals surface area contributed by atoms with E-state index in [2.05, 4.69) is 71.4 Å². The molecule has 0 atom stereocenters. The number of nitrogens with one attached hydrogen (secondary N) is 1. The van der Waals surface area contributed by atoms with Crippen LogP contribution < -0.4 is 5.32 Å². The van der Waals surface area contributed by atoms with E-state index >= 15 is 0 Å². The van der Waals surface area contributed by atoms with Crippen LogP contribution in [-0.4, -0.2) is 15.9 Å². The summed E-state index contributed by atoms with van der Waals surface area (Å²) < 4.78 is 2.20. The lowest BCUT2D eigenvalue weighted by molar-refractivity contribution is 1.21. The molecule has 4 rings (SSSR count). The zero-order chi connectivity index (χ0) is 14.9. The summed E-state index contributed by atoms with van der Waals surface area (Å²) >= 11 is 0. The second kappa shape index (κ2) is 6.13. The average molecular weight is 303 g/mol. The maximum atomic E-state index is 4.88. The van der Waals surface area contributed by atoms with Crippen molar-refractivity contribution in [3.8, 4) is 11.3 Å². The van der Waals surface area contributed by atoms with Crippen molar-refractivity contribution < 1.29 is 0 Å². The Morgan fingerprint density at radius 1 is 0.913 bits per heavy atom. The molecule has 2 aromatic heterocycles. The molecule has 0 amide bonds. The van der Waals surface area contributed by atoms with Crippen LogP contribution in [0.5, 0.6) is 0 Å². The Balaban J connectivity index is 0.00000156. The molecular weight excluding hydrogens is 282 g/mol. The predicted octanol–water partition coefficient (Wildman–Crippen LogP) is 5.22. The lowest BCUT2D eigenvalue weighted by Gasteiger charge is -2.09. The molecule has 4 aromatic rings. The van der Waals surface area contributed by atoms with Gasteiger partial charge in [0, 0.05) is 24.0 Å². The SMILES string of the molecule is C.CCNc1ccc(-c2nc3ccccc3n3cccc23)cc1. The molecule has 0 aliphatic carbocycles. The molecule has 116 valence electrons. The van der Waals surface area contributed by atoms with E-state index < -0.39 is 0 Å². The minimum Gasteiger partial charge on any atom is -0.385 e. The second-order valence-corrected chi connectivity index (χ2v) is 5.32. The van der Waals surface area contributed by atoms with Gasteiger partial charge in [-0.25, -0.2) is 4.98 Å². The molecule has 0 saturated heterocycles. The number of aromatic nitrogens is 2. The maximum Gasteiger partial charge on any atom is 0.0950 e. The summed E-state index contributed by atoms with van der Waals surface area (Å²) in [5, 5.41) is 3.32. The largest absolute Gasteiger partial charge is 0.385 e. The van der Waals surface area contributed by atoms with Crippen molar-refractivity contribution >= 4 is 22.2 Å². The first-order valence-corrected chi connectivity index (χ1v) is 7.57. The summed E-state index contributed by atoms with van der Waals surface area (Å²) in [6.45, 7) is 3.03. The second-order valence-electron chi connectivity index (χ2n) is 5.32. The summed E-state index contributed by atoms with van der Waals surface area (Å²) in [6.07, 6.45) is 2.09. The molecule has 0 aliphatic rings. The van der Waals surface area contributed by atoms with E-state index in [-0.39, 0.29) is 7.43 Å². The molecule has 2 heterocycles. The summed E-state index contributed by atoms with van der Waals surface area (Å²) in [4.78, 5) is 4.88. The fourth-order valence-corrected chi connectivity index (χ4v) is 2.89. The summed E-state index contributed by atoms with van der Waals surface area (Å²) in [5.41, 5.74) is 6.57. The van der Waals surface area contributed by atoms with Crippen LogP contribution in [0.4, 0.5) is 5.69 Å². The quantitative estimate of drug-likeness (QED) is 0.562. The van der Waals surface area contributed by atoms with E-state index in [1.54, 1.807) is 0 Å². The first-order valence-electron chi connectivity index (χ1n) is 7.57. The van der Waals surface area contributed by atoms with Gasteiger partial charge in [-0.2, -0.15) is 0 Å². The van der Waals surface area contributed by atoms with Gasteiger partial charge in [0.2, 0.25) is 0 Å². The third kappa shape index (κ3) is 2.55. The number of fused-ring (bicyclic) bond motifs is 3. The Bertz CT molecular complexity index is 936. The van der Waals surface area contributed by atoms with Crippen molar-refractivity contribution in [1.29, 1.82) is 0 Å². The van der Waals surface area contributed by atoms with Crippen LogP contribution in [-0.2, 0) is 0 Å². The number of para-hydroxylation sites is 2. The highest BCUT2D eigenvalue weighted by Crippen LogP contribution is 2.27. The number of anilines is 1. The number of benzene rings is 2. The smallest absolute Gasteiger partial charge is 0.0950 e. The molecule has 23 heavy (non-hydrogen) atoms. The van der Waals surface area contributed by atoms with Gasteiger partial charge in [0.1, 0.15) is 0 Å². The zero-order valence-corrected chi connectivity index (χ0v) is 12.5. The average Bonchev–Trinajstić information content (AvgIpc) is 3.05. The number of nitrogens with zero attached hydrogens (tertiary/aromatic N) is 2. The standard InChI is InChI=1S/C19H17N3.CH4/c1-2-20-15-11-9-14(10-12-15)19-18-8-5-13-22(18)17-7-4-3-6-16(17)21-19;/h3-13,20H,2H2,1H3;1H4. The van der Waals surface area contributed by atoms with Gasteiger partial charge in [0.25, 0.3) is 0 Å². The van der Waals surface area contributed by atoms with Crippen molar-refractivity contribution in [2.75, 3.05) is 11.9 Å². The third-order valence-electron chi connectivity index (χ3n) is 3.90. The minimum absolute atomic E-state index is 0. The minimum atomic E-state index is 0. The van der Waals surface area contributed by atoms with Crippen molar-refractivity contribution in [2.45, 2.75) is 14.4 Å². The molecule has 1 N–H and O–H groups in total. The van der Waals surface area contributed by atoms with Crippen LogP contribution in [0.1, 0.15) is 14.4 Å². The van der Waals surface area contributed by atoms with Crippen LogP contribution >= 0.6 is 0 Å². The molecule has 0 bridgehead atoms. The lowest BCUT2D eigenvalue weighted by atomic mass is 10.1. The third-order valence-corrected chi connectivity index (χ3v) is 3.90. The molecule has 0 radical (unpaired) electrons. The highest BCUT2D eigenvalue weighted by atomic mass is 14.9. The van der Waals surface area contributed by atoms with Gasteiger partial charge in [-0.3, -0.25) is 0 Å². The number of hydrogen-bond acceptors (Lipinski definition) is 2. The van der Waals surface area contributed by atoms with Gasteiger partial charge in [-0.05, 0) is 43.3 Å². The Hall–Kier alpha value is -2.81. The fourth-order valence-electron chi connectivity index (χ4n) is 2.89. The molecule has 3 nitrogen and oxygen atoms in total. The van der Waals surface area contributed by atoms with E-state index in [0.717, 1.165) is 40.0 Å². The molecule has 0 saturated carbocycles. The topological polar surface area (TPSA) is 29.3 Å². The molecular formula is C20H21N3. The highest BCUT2D eigenvalue weighted by Gasteiger charge is 2.09. The molecule has 0 fully saturated rings. The number of rotatable bonds is 3. The van der Waals surface area contributed by atoms with E-state index in [1.807, 2.05) is 12.1 Å². The molecule has 2 aromatic carbocycles. The first-order chi connectivity index (χ1) is 10.9. The van der Waals surface area contributed by atoms with Gasteiger partial charge >= 0.3 is 0 Å². The van der Waals surface area contributed by atoms with Crippen molar-refractivity contribution in [3.05, 3.63) is 66.9 Å². The summed E-state index contributed by atoms with van der Waals surface area (Å²) in [6, 6.07) is 20.9. The van der Waals surface area contributed by atoms with Crippen molar-refractivity contribution in [1.82, 2.24) is 9.38 Å². The lowest BCUT2D eigenvalue weighted by Crippen LogP contribution is -1.97. The van der Waals surface area contributed by atoms with Crippen molar-refractivity contribution in [2.24, 2.45) is 0 Å². The van der Waals surface area contributed by atoms with Crippen LogP contribution in [0.25, 0.3) is 27.8 Å².